The van der Waals surface area contributed by atoms with Gasteiger partial charge in [0.25, 0.3) is 0 Å². The number of anilines is 1. The minimum atomic E-state index is 0.698. The molecule has 2 N–H and O–H groups in total. The number of hydrogen-bond acceptors (Lipinski definition) is 3. The molecule has 1 aromatic carbocycles. The summed E-state index contributed by atoms with van der Waals surface area (Å²) >= 11 is 3.44. The summed E-state index contributed by atoms with van der Waals surface area (Å²) in [7, 11) is 1.98. The molecule has 4 nitrogen and oxygen atoms in total. The summed E-state index contributed by atoms with van der Waals surface area (Å²) < 4.78 is 2.90. The number of fused-ring (bicyclic) bond motifs is 1. The molecule has 0 fully saturated rings. The molecule has 0 amide bonds. The molecule has 0 unspecified atom stereocenters. The van der Waals surface area contributed by atoms with E-state index in [2.05, 4.69) is 25.9 Å². The van der Waals surface area contributed by atoms with Crippen molar-refractivity contribution in [1.29, 1.82) is 0 Å². The van der Waals surface area contributed by atoms with Gasteiger partial charge in [0.15, 0.2) is 0 Å². The van der Waals surface area contributed by atoms with Crippen molar-refractivity contribution in [3.8, 4) is 11.4 Å². The number of halogens is 1. The second kappa shape index (κ2) is 4.10. The van der Waals surface area contributed by atoms with Gasteiger partial charge in [0, 0.05) is 23.3 Å². The summed E-state index contributed by atoms with van der Waals surface area (Å²) in [5, 5.41) is 0. The largest absolute Gasteiger partial charge is 0.397 e. The molecule has 0 saturated carbocycles. The Balaban J connectivity index is 2.32. The van der Waals surface area contributed by atoms with Crippen molar-refractivity contribution in [2.24, 2.45) is 7.05 Å². The lowest BCUT2D eigenvalue weighted by molar-refractivity contribution is 0.959. The van der Waals surface area contributed by atoms with Crippen LogP contribution in [-0.4, -0.2) is 14.5 Å². The van der Waals surface area contributed by atoms with Gasteiger partial charge in [-0.2, -0.15) is 0 Å². The molecule has 0 atom stereocenters. The van der Waals surface area contributed by atoms with Crippen LogP contribution in [0.4, 0.5) is 5.69 Å². The normalized spacial score (nSPS) is 11.0. The van der Waals surface area contributed by atoms with Crippen molar-refractivity contribution >= 4 is 32.7 Å². The van der Waals surface area contributed by atoms with Gasteiger partial charge in [0.05, 0.1) is 17.4 Å². The monoisotopic (exact) mass is 302 g/mol. The maximum Gasteiger partial charge on any atom is 0.143 e. The Bertz CT molecular complexity index is 733. The minimum Gasteiger partial charge on any atom is -0.397 e. The highest BCUT2D eigenvalue weighted by Gasteiger charge is 2.13. The standard InChI is InChI=1S/C13H11BrN4/c1-18-11-5-6-16-7-10(11)17-13(18)8-3-2-4-9(14)12(8)15/h2-7H,15H2,1H3. The molecule has 2 aromatic heterocycles. The highest BCUT2D eigenvalue weighted by Crippen LogP contribution is 2.32. The van der Waals surface area contributed by atoms with Crippen LogP contribution in [0, 0.1) is 0 Å². The topological polar surface area (TPSA) is 56.7 Å². The average Bonchev–Trinajstić information content (AvgIpc) is 2.71. The number of pyridine rings is 1. The fourth-order valence-electron chi connectivity index (χ4n) is 2.02. The van der Waals surface area contributed by atoms with E-state index in [4.69, 9.17) is 5.73 Å². The summed E-state index contributed by atoms with van der Waals surface area (Å²) in [4.78, 5) is 8.67. The molecule has 18 heavy (non-hydrogen) atoms. The number of nitrogens with two attached hydrogens (primary N) is 1. The first-order valence-electron chi connectivity index (χ1n) is 5.49. The van der Waals surface area contributed by atoms with Crippen LogP contribution in [0.3, 0.4) is 0 Å². The van der Waals surface area contributed by atoms with E-state index in [9.17, 15) is 0 Å². The van der Waals surface area contributed by atoms with E-state index in [1.54, 1.807) is 12.4 Å². The Morgan fingerprint density at radius 2 is 2.11 bits per heavy atom. The van der Waals surface area contributed by atoms with Crippen LogP contribution in [0.2, 0.25) is 0 Å². The molecular weight excluding hydrogens is 292 g/mol. The summed E-state index contributed by atoms with van der Waals surface area (Å²) in [5.74, 6) is 0.844. The van der Waals surface area contributed by atoms with E-state index in [1.165, 1.54) is 0 Å². The molecule has 5 heteroatoms. The van der Waals surface area contributed by atoms with E-state index in [-0.39, 0.29) is 0 Å². The fraction of sp³-hybridized carbons (Fsp3) is 0.0769. The lowest BCUT2D eigenvalue weighted by atomic mass is 10.1. The SMILES string of the molecule is Cn1c(-c2cccc(Br)c2N)nc2cnccc21. The Morgan fingerprint density at radius 1 is 1.28 bits per heavy atom. The molecule has 0 saturated heterocycles. The van der Waals surface area contributed by atoms with Crippen LogP contribution in [0.15, 0.2) is 41.1 Å². The highest BCUT2D eigenvalue weighted by molar-refractivity contribution is 9.10. The predicted molar refractivity (Wildman–Crippen MR) is 76.1 cm³/mol. The van der Waals surface area contributed by atoms with Gasteiger partial charge < -0.3 is 10.3 Å². The van der Waals surface area contributed by atoms with Crippen molar-refractivity contribution in [2.45, 2.75) is 0 Å². The summed E-state index contributed by atoms with van der Waals surface area (Å²) in [6.07, 6.45) is 3.52. The molecule has 0 bridgehead atoms. The van der Waals surface area contributed by atoms with Crippen LogP contribution in [0.1, 0.15) is 0 Å². The van der Waals surface area contributed by atoms with Gasteiger partial charge in [-0.15, -0.1) is 0 Å². The maximum atomic E-state index is 6.09. The number of para-hydroxylation sites is 1. The second-order valence-electron chi connectivity index (χ2n) is 4.06. The van der Waals surface area contributed by atoms with Gasteiger partial charge in [0.2, 0.25) is 0 Å². The number of aryl methyl sites for hydroxylation is 1. The molecule has 0 aliphatic carbocycles. The second-order valence-corrected chi connectivity index (χ2v) is 4.91. The van der Waals surface area contributed by atoms with E-state index in [0.29, 0.717) is 5.69 Å². The Kier molecular flexibility index (Phi) is 2.56. The maximum absolute atomic E-state index is 6.09. The number of hydrogen-bond donors (Lipinski definition) is 1. The Labute approximate surface area is 113 Å². The van der Waals surface area contributed by atoms with Gasteiger partial charge in [-0.3, -0.25) is 4.98 Å². The third-order valence-electron chi connectivity index (χ3n) is 2.98. The number of nitrogen functional groups attached to an aromatic ring is 1. The van der Waals surface area contributed by atoms with Gasteiger partial charge in [-0.1, -0.05) is 6.07 Å². The zero-order valence-corrected chi connectivity index (χ0v) is 11.3. The predicted octanol–water partition coefficient (Wildman–Crippen LogP) is 2.98. The van der Waals surface area contributed by atoms with Crippen molar-refractivity contribution in [3.05, 3.63) is 41.1 Å². The smallest absolute Gasteiger partial charge is 0.143 e. The van der Waals surface area contributed by atoms with Crippen molar-refractivity contribution < 1.29 is 0 Å². The molecule has 0 aliphatic rings. The number of rotatable bonds is 1. The molecule has 2 heterocycles. The lowest BCUT2D eigenvalue weighted by Gasteiger charge is -2.07. The number of aromatic nitrogens is 3. The zero-order chi connectivity index (χ0) is 12.7. The zero-order valence-electron chi connectivity index (χ0n) is 9.76. The molecule has 3 rings (SSSR count). The highest BCUT2D eigenvalue weighted by atomic mass is 79.9. The van der Waals surface area contributed by atoms with Gasteiger partial charge in [-0.25, -0.2) is 4.98 Å². The van der Waals surface area contributed by atoms with E-state index >= 15 is 0 Å². The number of benzene rings is 1. The van der Waals surface area contributed by atoms with Crippen LogP contribution in [-0.2, 0) is 7.05 Å². The average molecular weight is 303 g/mol. The minimum absolute atomic E-state index is 0.698. The van der Waals surface area contributed by atoms with Gasteiger partial charge >= 0.3 is 0 Å². The van der Waals surface area contributed by atoms with Gasteiger partial charge in [-0.05, 0) is 34.1 Å². The molecule has 90 valence electrons. The van der Waals surface area contributed by atoms with E-state index in [0.717, 1.165) is 26.9 Å². The molecule has 0 spiro atoms. The fourth-order valence-corrected chi connectivity index (χ4v) is 2.39. The third-order valence-corrected chi connectivity index (χ3v) is 3.67. The third kappa shape index (κ3) is 1.59. The number of imidazole rings is 1. The first kappa shape index (κ1) is 11.2. The first-order valence-corrected chi connectivity index (χ1v) is 6.28. The Morgan fingerprint density at radius 3 is 2.89 bits per heavy atom. The Hall–Kier alpha value is -1.88. The van der Waals surface area contributed by atoms with Crippen molar-refractivity contribution in [1.82, 2.24) is 14.5 Å². The molecule has 0 radical (unpaired) electrons. The van der Waals surface area contributed by atoms with Crippen LogP contribution >= 0.6 is 15.9 Å². The summed E-state index contributed by atoms with van der Waals surface area (Å²) in [5.41, 5.74) is 9.62. The van der Waals surface area contributed by atoms with Crippen LogP contribution < -0.4 is 5.73 Å². The number of nitrogens with zero attached hydrogens (tertiary/aromatic N) is 3. The van der Waals surface area contributed by atoms with Crippen LogP contribution in [0.5, 0.6) is 0 Å². The molecular formula is C13H11BrN4. The summed E-state index contributed by atoms with van der Waals surface area (Å²) in [6.45, 7) is 0. The lowest BCUT2D eigenvalue weighted by Crippen LogP contribution is -1.97. The van der Waals surface area contributed by atoms with Crippen molar-refractivity contribution in [2.75, 3.05) is 5.73 Å². The van der Waals surface area contributed by atoms with Gasteiger partial charge in [0.1, 0.15) is 11.3 Å². The van der Waals surface area contributed by atoms with E-state index in [1.807, 2.05) is 35.9 Å². The summed E-state index contributed by atoms with van der Waals surface area (Å²) in [6, 6.07) is 7.78. The quantitative estimate of drug-likeness (QED) is 0.703. The molecule has 3 aromatic rings. The first-order chi connectivity index (χ1) is 8.68. The van der Waals surface area contributed by atoms with Crippen LogP contribution in [0.25, 0.3) is 22.4 Å². The van der Waals surface area contributed by atoms with Crippen molar-refractivity contribution in [3.63, 3.8) is 0 Å². The molecule has 0 aliphatic heterocycles. The van der Waals surface area contributed by atoms with E-state index < -0.39 is 0 Å².